The van der Waals surface area contributed by atoms with E-state index in [1.165, 1.54) is 12.8 Å². The fraction of sp³-hybridized carbons (Fsp3) is 0.500. The van der Waals surface area contributed by atoms with Crippen LogP contribution in [0, 0.1) is 5.92 Å². The molecule has 0 aromatic carbocycles. The fourth-order valence-corrected chi connectivity index (χ4v) is 1.61. The van der Waals surface area contributed by atoms with Gasteiger partial charge in [0.05, 0.1) is 17.6 Å². The first-order valence-electron chi connectivity index (χ1n) is 4.73. The largest absolute Gasteiger partial charge is 0.397 e. The van der Waals surface area contributed by atoms with E-state index in [0.717, 1.165) is 17.3 Å². The molecule has 1 aliphatic carbocycles. The molecule has 1 aromatic heterocycles. The predicted octanol–water partition coefficient (Wildman–Crippen LogP) is 1.87. The molecule has 1 aromatic rings. The Morgan fingerprint density at radius 1 is 1.54 bits per heavy atom. The van der Waals surface area contributed by atoms with Crippen LogP contribution in [0.4, 0.5) is 11.4 Å². The standard InChI is InChI=1S/C10H15N3/c1-7-2-3-9(7)13-10-6-12-5-4-8(10)11/h4-7,9,13H,2-3H2,1H3,(H2,11,12). The number of nitrogens with two attached hydrogens (primary N) is 1. The SMILES string of the molecule is CC1CCC1Nc1cnccc1N. The van der Waals surface area contributed by atoms with Gasteiger partial charge in [-0.1, -0.05) is 6.92 Å². The van der Waals surface area contributed by atoms with Crippen molar-refractivity contribution in [1.82, 2.24) is 4.98 Å². The highest BCUT2D eigenvalue weighted by Gasteiger charge is 2.26. The summed E-state index contributed by atoms with van der Waals surface area (Å²) in [4.78, 5) is 4.04. The van der Waals surface area contributed by atoms with Gasteiger partial charge in [0.15, 0.2) is 0 Å². The Balaban J connectivity index is 2.05. The van der Waals surface area contributed by atoms with Gasteiger partial charge in [-0.2, -0.15) is 0 Å². The van der Waals surface area contributed by atoms with E-state index < -0.39 is 0 Å². The minimum absolute atomic E-state index is 0.589. The minimum atomic E-state index is 0.589. The summed E-state index contributed by atoms with van der Waals surface area (Å²) in [6.45, 7) is 2.26. The summed E-state index contributed by atoms with van der Waals surface area (Å²) < 4.78 is 0. The van der Waals surface area contributed by atoms with Gasteiger partial charge in [0.25, 0.3) is 0 Å². The summed E-state index contributed by atoms with van der Waals surface area (Å²) in [6, 6.07) is 2.41. The van der Waals surface area contributed by atoms with Gasteiger partial charge in [-0.3, -0.25) is 4.98 Å². The van der Waals surface area contributed by atoms with Crippen LogP contribution in [0.15, 0.2) is 18.5 Å². The van der Waals surface area contributed by atoms with Crippen LogP contribution in [0.1, 0.15) is 19.8 Å². The van der Waals surface area contributed by atoms with Crippen molar-refractivity contribution in [2.45, 2.75) is 25.8 Å². The zero-order chi connectivity index (χ0) is 9.26. The van der Waals surface area contributed by atoms with E-state index in [1.54, 1.807) is 12.4 Å². The Bertz CT molecular complexity index is 298. The Labute approximate surface area is 78.4 Å². The molecule has 3 heteroatoms. The van der Waals surface area contributed by atoms with Gasteiger partial charge in [-0.15, -0.1) is 0 Å². The summed E-state index contributed by atoms with van der Waals surface area (Å²) >= 11 is 0. The topological polar surface area (TPSA) is 50.9 Å². The second-order valence-corrected chi connectivity index (χ2v) is 3.77. The van der Waals surface area contributed by atoms with Gasteiger partial charge in [-0.25, -0.2) is 0 Å². The zero-order valence-electron chi connectivity index (χ0n) is 7.83. The Hall–Kier alpha value is -1.25. The van der Waals surface area contributed by atoms with E-state index in [9.17, 15) is 0 Å². The molecule has 2 atom stereocenters. The fourth-order valence-electron chi connectivity index (χ4n) is 1.61. The number of nitrogens with one attached hydrogen (secondary N) is 1. The van der Waals surface area contributed by atoms with Crippen molar-refractivity contribution in [3.05, 3.63) is 18.5 Å². The van der Waals surface area contributed by atoms with Crippen LogP contribution in [-0.4, -0.2) is 11.0 Å². The molecule has 0 aliphatic heterocycles. The molecule has 0 spiro atoms. The summed E-state index contributed by atoms with van der Waals surface area (Å²) in [7, 11) is 0. The number of nitrogens with zero attached hydrogens (tertiary/aromatic N) is 1. The first-order valence-corrected chi connectivity index (χ1v) is 4.73. The molecule has 0 saturated heterocycles. The lowest BCUT2D eigenvalue weighted by Crippen LogP contribution is -2.36. The van der Waals surface area contributed by atoms with Gasteiger partial charge in [0.1, 0.15) is 0 Å². The first-order chi connectivity index (χ1) is 6.27. The Morgan fingerprint density at radius 3 is 2.92 bits per heavy atom. The molecular weight excluding hydrogens is 162 g/mol. The van der Waals surface area contributed by atoms with E-state index in [2.05, 4.69) is 17.2 Å². The van der Waals surface area contributed by atoms with Crippen LogP contribution in [0.2, 0.25) is 0 Å². The molecule has 70 valence electrons. The molecular formula is C10H15N3. The average molecular weight is 177 g/mol. The minimum Gasteiger partial charge on any atom is -0.397 e. The molecule has 1 heterocycles. The molecule has 0 radical (unpaired) electrons. The molecule has 0 amide bonds. The van der Waals surface area contributed by atoms with Crippen molar-refractivity contribution in [2.24, 2.45) is 5.92 Å². The van der Waals surface area contributed by atoms with Crippen molar-refractivity contribution in [2.75, 3.05) is 11.1 Å². The van der Waals surface area contributed by atoms with E-state index >= 15 is 0 Å². The van der Waals surface area contributed by atoms with Crippen LogP contribution >= 0.6 is 0 Å². The summed E-state index contributed by atoms with van der Waals surface area (Å²) in [5.41, 5.74) is 7.55. The van der Waals surface area contributed by atoms with Crippen molar-refractivity contribution in [1.29, 1.82) is 0 Å². The van der Waals surface area contributed by atoms with Crippen molar-refractivity contribution >= 4 is 11.4 Å². The number of aromatic nitrogens is 1. The average Bonchev–Trinajstić information content (AvgIpc) is 2.14. The third-order valence-corrected chi connectivity index (χ3v) is 2.82. The number of hydrogen-bond donors (Lipinski definition) is 2. The summed E-state index contributed by atoms with van der Waals surface area (Å²) in [5.74, 6) is 0.764. The normalized spacial score (nSPS) is 26.5. The number of rotatable bonds is 2. The molecule has 1 saturated carbocycles. The van der Waals surface area contributed by atoms with Crippen molar-refractivity contribution < 1.29 is 0 Å². The Morgan fingerprint density at radius 2 is 2.38 bits per heavy atom. The monoisotopic (exact) mass is 177 g/mol. The number of pyridine rings is 1. The van der Waals surface area contributed by atoms with Crippen molar-refractivity contribution in [3.63, 3.8) is 0 Å². The zero-order valence-corrected chi connectivity index (χ0v) is 7.83. The molecule has 13 heavy (non-hydrogen) atoms. The van der Waals surface area contributed by atoms with Crippen molar-refractivity contribution in [3.8, 4) is 0 Å². The third kappa shape index (κ3) is 1.59. The second kappa shape index (κ2) is 3.24. The van der Waals surface area contributed by atoms with E-state index in [1.807, 2.05) is 6.07 Å². The molecule has 2 rings (SSSR count). The first kappa shape index (κ1) is 8.35. The second-order valence-electron chi connectivity index (χ2n) is 3.77. The molecule has 1 aliphatic rings. The molecule has 2 unspecified atom stereocenters. The highest BCUT2D eigenvalue weighted by molar-refractivity contribution is 5.64. The van der Waals surface area contributed by atoms with Gasteiger partial charge >= 0.3 is 0 Å². The van der Waals surface area contributed by atoms with Gasteiger partial charge in [0, 0.05) is 12.2 Å². The van der Waals surface area contributed by atoms with Crippen LogP contribution in [-0.2, 0) is 0 Å². The molecule has 1 fully saturated rings. The lowest BCUT2D eigenvalue weighted by atomic mass is 9.81. The quantitative estimate of drug-likeness (QED) is 0.725. The molecule has 0 bridgehead atoms. The van der Waals surface area contributed by atoms with Gasteiger partial charge < -0.3 is 11.1 Å². The summed E-state index contributed by atoms with van der Waals surface area (Å²) in [6.07, 6.45) is 6.07. The highest BCUT2D eigenvalue weighted by Crippen LogP contribution is 2.30. The lowest BCUT2D eigenvalue weighted by molar-refractivity contribution is 0.303. The number of hydrogen-bond acceptors (Lipinski definition) is 3. The van der Waals surface area contributed by atoms with Gasteiger partial charge in [0.2, 0.25) is 0 Å². The maximum atomic E-state index is 5.79. The van der Waals surface area contributed by atoms with E-state index in [0.29, 0.717) is 6.04 Å². The molecule has 3 nitrogen and oxygen atoms in total. The van der Waals surface area contributed by atoms with Gasteiger partial charge in [-0.05, 0) is 24.8 Å². The third-order valence-electron chi connectivity index (χ3n) is 2.82. The van der Waals surface area contributed by atoms with E-state index in [-0.39, 0.29) is 0 Å². The van der Waals surface area contributed by atoms with Crippen LogP contribution in [0.3, 0.4) is 0 Å². The van der Waals surface area contributed by atoms with E-state index in [4.69, 9.17) is 5.73 Å². The lowest BCUT2D eigenvalue weighted by Gasteiger charge is -2.35. The molecule has 3 N–H and O–H groups in total. The smallest absolute Gasteiger partial charge is 0.0762 e. The van der Waals surface area contributed by atoms with Crippen LogP contribution in [0.25, 0.3) is 0 Å². The maximum absolute atomic E-state index is 5.79. The highest BCUT2D eigenvalue weighted by atomic mass is 15.0. The predicted molar refractivity (Wildman–Crippen MR) is 54.5 cm³/mol. The Kier molecular flexibility index (Phi) is 2.08. The number of anilines is 2. The maximum Gasteiger partial charge on any atom is 0.0762 e. The van der Waals surface area contributed by atoms with Crippen LogP contribution in [0.5, 0.6) is 0 Å². The summed E-state index contributed by atoms with van der Waals surface area (Å²) in [5, 5.41) is 3.41. The van der Waals surface area contributed by atoms with Crippen LogP contribution < -0.4 is 11.1 Å². The number of nitrogen functional groups attached to an aromatic ring is 1.